The zero-order valence-electron chi connectivity index (χ0n) is 10.8. The molecule has 1 heterocycles. The van der Waals surface area contributed by atoms with Crippen LogP contribution in [0.5, 0.6) is 0 Å². The molecule has 2 N–H and O–H groups in total. The molecule has 0 bridgehead atoms. The quantitative estimate of drug-likeness (QED) is 0.872. The molecular weight excluding hydrogens is 342 g/mol. The lowest BCUT2D eigenvalue weighted by Crippen LogP contribution is -2.23. The third kappa shape index (κ3) is 3.54. The van der Waals surface area contributed by atoms with Gasteiger partial charge in [0.15, 0.2) is 0 Å². The van der Waals surface area contributed by atoms with Gasteiger partial charge in [0.2, 0.25) is 0 Å². The maximum absolute atomic E-state index is 12.0. The summed E-state index contributed by atoms with van der Waals surface area (Å²) in [6.45, 7) is 0. The van der Waals surface area contributed by atoms with Crippen molar-refractivity contribution in [1.82, 2.24) is 9.78 Å². The van der Waals surface area contributed by atoms with Crippen molar-refractivity contribution in [1.29, 1.82) is 0 Å². The summed E-state index contributed by atoms with van der Waals surface area (Å²) in [5.41, 5.74) is 0.0617. The van der Waals surface area contributed by atoms with E-state index < -0.39 is 11.9 Å². The summed E-state index contributed by atoms with van der Waals surface area (Å²) >= 11 is 3.17. The molecule has 0 radical (unpaired) electrons. The number of nitrogens with one attached hydrogen (secondary N) is 1. The van der Waals surface area contributed by atoms with E-state index in [1.165, 1.54) is 31.3 Å². The number of carbonyl (C=O) groups is 2. The van der Waals surface area contributed by atoms with Crippen molar-refractivity contribution in [2.75, 3.05) is 5.32 Å². The third-order valence-corrected chi connectivity index (χ3v) is 3.05. The topological polar surface area (TPSA) is 101 Å². The lowest BCUT2D eigenvalue weighted by molar-refractivity contribution is 0.0696. The highest BCUT2D eigenvalue weighted by Gasteiger charge is 2.11. The number of carbonyl (C=O) groups excluding carboxylic acids is 1. The number of benzene rings is 1. The second-order valence-electron chi connectivity index (χ2n) is 4.17. The van der Waals surface area contributed by atoms with Crippen LogP contribution in [-0.2, 0) is 7.05 Å². The fourth-order valence-corrected chi connectivity index (χ4v) is 2.10. The number of rotatable bonds is 3. The van der Waals surface area contributed by atoms with Gasteiger partial charge in [-0.1, -0.05) is 15.9 Å². The van der Waals surface area contributed by atoms with E-state index in [0.29, 0.717) is 10.2 Å². The van der Waals surface area contributed by atoms with E-state index in [2.05, 4.69) is 26.3 Å². The highest BCUT2D eigenvalue weighted by Crippen LogP contribution is 2.20. The van der Waals surface area contributed by atoms with E-state index in [1.54, 1.807) is 6.07 Å². The van der Waals surface area contributed by atoms with Gasteiger partial charge in [-0.25, -0.2) is 9.48 Å². The fraction of sp³-hybridized carbons (Fsp3) is 0.0769. The first-order chi connectivity index (χ1) is 9.86. The van der Waals surface area contributed by atoms with Gasteiger partial charge in [0.25, 0.3) is 11.5 Å². The minimum Gasteiger partial charge on any atom is -0.478 e. The van der Waals surface area contributed by atoms with Crippen LogP contribution in [0, 0.1) is 0 Å². The van der Waals surface area contributed by atoms with Crippen LogP contribution in [-0.4, -0.2) is 26.8 Å². The Hall–Kier alpha value is -2.48. The Labute approximate surface area is 127 Å². The molecule has 8 heteroatoms. The van der Waals surface area contributed by atoms with Crippen molar-refractivity contribution < 1.29 is 14.7 Å². The first-order valence-electron chi connectivity index (χ1n) is 5.76. The summed E-state index contributed by atoms with van der Waals surface area (Å²) in [6.07, 6.45) is 0. The molecule has 2 rings (SSSR count). The van der Waals surface area contributed by atoms with Crippen LogP contribution in [0.2, 0.25) is 0 Å². The van der Waals surface area contributed by atoms with Crippen LogP contribution >= 0.6 is 15.9 Å². The standard InChI is InChI=1S/C13H10BrN3O4/c1-17-11(18)3-2-10(16-17)12(19)15-9-5-7(13(20)21)4-8(14)6-9/h2-6H,1H3,(H,15,19)(H,20,21). The summed E-state index contributed by atoms with van der Waals surface area (Å²) < 4.78 is 1.56. The molecule has 1 amide bonds. The molecule has 1 aromatic heterocycles. The number of halogens is 1. The Morgan fingerprint density at radius 3 is 2.62 bits per heavy atom. The smallest absolute Gasteiger partial charge is 0.335 e. The van der Waals surface area contributed by atoms with Crippen LogP contribution in [0.15, 0.2) is 39.6 Å². The number of amides is 1. The van der Waals surface area contributed by atoms with Gasteiger partial charge in [0.1, 0.15) is 5.69 Å². The number of carboxylic acid groups (broad SMARTS) is 1. The Morgan fingerprint density at radius 2 is 2.00 bits per heavy atom. The largest absolute Gasteiger partial charge is 0.478 e. The second kappa shape index (κ2) is 5.88. The molecular formula is C13H10BrN3O4. The molecule has 0 aliphatic carbocycles. The predicted molar refractivity (Wildman–Crippen MR) is 78.5 cm³/mol. The summed E-state index contributed by atoms with van der Waals surface area (Å²) in [5.74, 6) is -1.65. The number of aryl methyl sites for hydroxylation is 1. The molecule has 108 valence electrons. The summed E-state index contributed by atoms with van der Waals surface area (Å²) in [6, 6.07) is 6.83. The average Bonchev–Trinajstić information content (AvgIpc) is 2.41. The van der Waals surface area contributed by atoms with Crippen LogP contribution in [0.25, 0.3) is 0 Å². The van der Waals surface area contributed by atoms with E-state index >= 15 is 0 Å². The number of hydrogen-bond acceptors (Lipinski definition) is 4. The lowest BCUT2D eigenvalue weighted by atomic mass is 10.2. The van der Waals surface area contributed by atoms with E-state index in [9.17, 15) is 14.4 Å². The van der Waals surface area contributed by atoms with Gasteiger partial charge in [-0.2, -0.15) is 5.10 Å². The van der Waals surface area contributed by atoms with Gasteiger partial charge in [0.05, 0.1) is 5.56 Å². The fourth-order valence-electron chi connectivity index (χ4n) is 1.60. The molecule has 21 heavy (non-hydrogen) atoms. The Morgan fingerprint density at radius 1 is 1.29 bits per heavy atom. The predicted octanol–water partition coefficient (Wildman–Crippen LogP) is 1.49. The number of nitrogens with zero attached hydrogens (tertiary/aromatic N) is 2. The monoisotopic (exact) mass is 351 g/mol. The zero-order valence-corrected chi connectivity index (χ0v) is 12.4. The Balaban J connectivity index is 2.29. The number of aromatic carboxylic acids is 1. The number of carboxylic acids is 1. The summed E-state index contributed by atoms with van der Waals surface area (Å²) in [5, 5.41) is 15.3. The van der Waals surface area contributed by atoms with Gasteiger partial charge >= 0.3 is 5.97 Å². The van der Waals surface area contributed by atoms with Crippen molar-refractivity contribution in [2.45, 2.75) is 0 Å². The maximum Gasteiger partial charge on any atom is 0.335 e. The number of aromatic nitrogens is 2. The lowest BCUT2D eigenvalue weighted by Gasteiger charge is -2.07. The maximum atomic E-state index is 12.0. The minimum atomic E-state index is -1.10. The summed E-state index contributed by atoms with van der Waals surface area (Å²) in [7, 11) is 1.43. The Kier molecular flexibility index (Phi) is 4.18. The van der Waals surface area contributed by atoms with E-state index in [4.69, 9.17) is 5.11 Å². The van der Waals surface area contributed by atoms with E-state index in [1.807, 2.05) is 0 Å². The van der Waals surface area contributed by atoms with Crippen molar-refractivity contribution in [3.8, 4) is 0 Å². The van der Waals surface area contributed by atoms with Crippen LogP contribution in [0.3, 0.4) is 0 Å². The third-order valence-electron chi connectivity index (χ3n) is 2.60. The molecule has 7 nitrogen and oxygen atoms in total. The SMILES string of the molecule is Cn1nc(C(=O)Nc2cc(Br)cc(C(=O)O)c2)ccc1=O. The highest BCUT2D eigenvalue weighted by molar-refractivity contribution is 9.10. The molecule has 0 spiro atoms. The molecule has 2 aromatic rings. The minimum absolute atomic E-state index is 0.0353. The zero-order chi connectivity index (χ0) is 15.6. The van der Waals surface area contributed by atoms with Gasteiger partial charge in [-0.3, -0.25) is 9.59 Å². The number of hydrogen-bond donors (Lipinski definition) is 2. The van der Waals surface area contributed by atoms with Gasteiger partial charge in [0, 0.05) is 23.3 Å². The molecule has 0 aliphatic heterocycles. The van der Waals surface area contributed by atoms with Crippen LogP contribution < -0.4 is 10.9 Å². The van der Waals surface area contributed by atoms with Crippen molar-refractivity contribution in [3.05, 3.63) is 56.4 Å². The first kappa shape index (κ1) is 14.9. The molecule has 0 unspecified atom stereocenters. The molecule has 0 saturated carbocycles. The van der Waals surface area contributed by atoms with Gasteiger partial charge in [-0.15, -0.1) is 0 Å². The van der Waals surface area contributed by atoms with Crippen molar-refractivity contribution >= 4 is 33.5 Å². The number of anilines is 1. The van der Waals surface area contributed by atoms with E-state index in [-0.39, 0.29) is 16.8 Å². The van der Waals surface area contributed by atoms with E-state index in [0.717, 1.165) is 4.68 Å². The average molecular weight is 352 g/mol. The molecule has 0 fully saturated rings. The molecule has 0 aliphatic rings. The van der Waals surface area contributed by atoms with Gasteiger partial charge < -0.3 is 10.4 Å². The van der Waals surface area contributed by atoms with Crippen molar-refractivity contribution in [2.24, 2.45) is 7.05 Å². The summed E-state index contributed by atoms with van der Waals surface area (Å²) in [4.78, 5) is 34.2. The second-order valence-corrected chi connectivity index (χ2v) is 5.08. The normalized spacial score (nSPS) is 10.2. The van der Waals surface area contributed by atoms with Crippen molar-refractivity contribution in [3.63, 3.8) is 0 Å². The molecule has 0 saturated heterocycles. The first-order valence-corrected chi connectivity index (χ1v) is 6.56. The Bertz CT molecular complexity index is 785. The van der Waals surface area contributed by atoms with Crippen LogP contribution in [0.4, 0.5) is 5.69 Å². The highest BCUT2D eigenvalue weighted by atomic mass is 79.9. The van der Waals surface area contributed by atoms with Gasteiger partial charge in [-0.05, 0) is 24.3 Å². The van der Waals surface area contributed by atoms with Crippen LogP contribution in [0.1, 0.15) is 20.8 Å². The molecule has 0 atom stereocenters. The molecule has 1 aromatic carbocycles.